The Hall–Kier alpha value is -2.15. The van der Waals surface area contributed by atoms with Gasteiger partial charge in [0.05, 0.1) is 22.3 Å². The number of carbonyl (C=O) groups is 2. The first kappa shape index (κ1) is 20.1. The maximum atomic E-state index is 12.5. The van der Waals surface area contributed by atoms with Crippen molar-refractivity contribution in [2.24, 2.45) is 5.41 Å². The van der Waals surface area contributed by atoms with Crippen molar-refractivity contribution in [2.75, 3.05) is 6.61 Å². The smallest absolute Gasteiger partial charge is 0.258 e. The van der Waals surface area contributed by atoms with Gasteiger partial charge in [-0.05, 0) is 48.9 Å². The summed E-state index contributed by atoms with van der Waals surface area (Å²) in [6.45, 7) is -0.246. The number of ether oxygens (including phenoxy) is 1. The van der Waals surface area contributed by atoms with E-state index in [2.05, 4.69) is 10.3 Å². The molecule has 1 aromatic carbocycles. The number of benzene rings is 1. The van der Waals surface area contributed by atoms with E-state index < -0.39 is 0 Å². The maximum Gasteiger partial charge on any atom is 0.258 e. The summed E-state index contributed by atoms with van der Waals surface area (Å²) in [5.41, 5.74) is 0.860. The minimum Gasteiger partial charge on any atom is -0.484 e. The Bertz CT molecular complexity index is 942. The van der Waals surface area contributed by atoms with Crippen molar-refractivity contribution in [3.05, 3.63) is 57.8 Å². The first-order chi connectivity index (χ1) is 13.8. The molecule has 5 rings (SSSR count). The summed E-state index contributed by atoms with van der Waals surface area (Å²) in [4.78, 5) is 28.8. The Kier molecular flexibility index (Phi) is 5.27. The number of hydrogen-bond donors (Lipinski definition) is 2. The van der Waals surface area contributed by atoms with Gasteiger partial charge in [0.15, 0.2) is 12.4 Å². The van der Waals surface area contributed by atoms with Gasteiger partial charge in [-0.25, -0.2) is 0 Å². The quantitative estimate of drug-likeness (QED) is 0.619. The number of halogens is 2. The number of aliphatic hydroxyl groups excluding tert-OH is 1. The van der Waals surface area contributed by atoms with E-state index in [1.54, 1.807) is 30.3 Å². The third kappa shape index (κ3) is 4.10. The fourth-order valence-electron chi connectivity index (χ4n) is 4.49. The Morgan fingerprint density at radius 2 is 1.90 bits per heavy atom. The Morgan fingerprint density at radius 3 is 2.52 bits per heavy atom. The Balaban J connectivity index is 1.23. The van der Waals surface area contributed by atoms with Crippen LogP contribution in [0.25, 0.3) is 0 Å². The molecule has 0 aliphatic heterocycles. The third-order valence-corrected chi connectivity index (χ3v) is 6.39. The standard InChI is InChI=1S/C21H20Cl2N2O4/c22-16-4-3-15(5-17(16)23)29-9-19(28)25-21-10-20(11-21,12-21)6-18(27)13-1-2-14(8-26)24-7-13/h1-5,7,26H,6,8-12H2,(H,25,28). The molecule has 6 nitrogen and oxygen atoms in total. The average molecular weight is 435 g/mol. The summed E-state index contributed by atoms with van der Waals surface area (Å²) in [6.07, 6.45) is 4.35. The molecule has 1 amide bonds. The van der Waals surface area contributed by atoms with Crippen LogP contribution >= 0.6 is 23.2 Å². The summed E-state index contributed by atoms with van der Waals surface area (Å²) < 4.78 is 5.47. The van der Waals surface area contributed by atoms with Gasteiger partial charge in [0.2, 0.25) is 0 Å². The van der Waals surface area contributed by atoms with Crippen molar-refractivity contribution in [1.82, 2.24) is 10.3 Å². The summed E-state index contributed by atoms with van der Waals surface area (Å²) >= 11 is 11.8. The number of pyridine rings is 1. The van der Waals surface area contributed by atoms with E-state index in [1.165, 1.54) is 6.20 Å². The molecule has 3 aliphatic carbocycles. The van der Waals surface area contributed by atoms with Crippen LogP contribution < -0.4 is 10.1 Å². The molecule has 152 valence electrons. The van der Waals surface area contributed by atoms with E-state index in [4.69, 9.17) is 33.0 Å². The predicted molar refractivity (Wildman–Crippen MR) is 108 cm³/mol. The van der Waals surface area contributed by atoms with Crippen molar-refractivity contribution < 1.29 is 19.4 Å². The highest BCUT2D eigenvalue weighted by Crippen LogP contribution is 2.69. The second-order valence-electron chi connectivity index (χ2n) is 8.02. The van der Waals surface area contributed by atoms with Crippen LogP contribution in [0.1, 0.15) is 41.7 Å². The maximum absolute atomic E-state index is 12.5. The highest BCUT2D eigenvalue weighted by Gasteiger charge is 2.68. The van der Waals surface area contributed by atoms with Gasteiger partial charge in [-0.2, -0.15) is 0 Å². The number of nitrogens with one attached hydrogen (secondary N) is 1. The molecule has 0 atom stereocenters. The summed E-state index contributed by atoms with van der Waals surface area (Å²) in [5.74, 6) is 0.332. The van der Waals surface area contributed by atoms with Crippen LogP contribution in [0.4, 0.5) is 0 Å². The highest BCUT2D eigenvalue weighted by atomic mass is 35.5. The molecule has 2 aromatic rings. The minimum absolute atomic E-state index is 0.0232. The molecule has 0 unspecified atom stereocenters. The topological polar surface area (TPSA) is 88.5 Å². The van der Waals surface area contributed by atoms with Gasteiger partial charge in [-0.3, -0.25) is 14.6 Å². The van der Waals surface area contributed by atoms with E-state index >= 15 is 0 Å². The van der Waals surface area contributed by atoms with Gasteiger partial charge in [0.25, 0.3) is 5.91 Å². The number of rotatable bonds is 8. The number of aliphatic hydroxyl groups is 1. The molecule has 1 aromatic heterocycles. The van der Waals surface area contributed by atoms with Gasteiger partial charge >= 0.3 is 0 Å². The highest BCUT2D eigenvalue weighted by molar-refractivity contribution is 6.42. The number of aromatic nitrogens is 1. The van der Waals surface area contributed by atoms with Gasteiger partial charge in [0, 0.05) is 29.8 Å². The molecule has 0 saturated heterocycles. The molecular formula is C21H20Cl2N2O4. The van der Waals surface area contributed by atoms with Crippen molar-refractivity contribution in [1.29, 1.82) is 0 Å². The molecule has 8 heteroatoms. The number of carbonyl (C=O) groups excluding carboxylic acids is 2. The summed E-state index contributed by atoms with van der Waals surface area (Å²) in [6, 6.07) is 8.20. The van der Waals surface area contributed by atoms with Crippen molar-refractivity contribution in [3.8, 4) is 5.75 Å². The SMILES string of the molecule is O=C(COc1ccc(Cl)c(Cl)c1)NC12CC(CC(=O)c3ccc(CO)nc3)(C1)C2. The fraction of sp³-hybridized carbons (Fsp3) is 0.381. The lowest BCUT2D eigenvalue weighted by atomic mass is 9.38. The van der Waals surface area contributed by atoms with Crippen LogP contribution in [0.5, 0.6) is 5.75 Å². The number of Topliss-reactive ketones (excluding diaryl/α,β-unsaturated/α-hetero) is 1. The largest absolute Gasteiger partial charge is 0.484 e. The van der Waals surface area contributed by atoms with Crippen LogP contribution in [-0.2, 0) is 11.4 Å². The zero-order valence-corrected chi connectivity index (χ0v) is 17.1. The predicted octanol–water partition coefficient (Wildman–Crippen LogP) is 3.57. The van der Waals surface area contributed by atoms with Gasteiger partial charge in [0.1, 0.15) is 5.75 Å². The molecule has 0 radical (unpaired) electrons. The average Bonchev–Trinajstić information content (AvgIpc) is 2.66. The van der Waals surface area contributed by atoms with Crippen LogP contribution in [0, 0.1) is 5.41 Å². The van der Waals surface area contributed by atoms with Crippen LogP contribution in [0.15, 0.2) is 36.5 Å². The molecule has 3 saturated carbocycles. The molecule has 3 fully saturated rings. The normalized spacial score (nSPS) is 24.2. The van der Waals surface area contributed by atoms with Crippen LogP contribution in [0.3, 0.4) is 0 Å². The second-order valence-corrected chi connectivity index (χ2v) is 8.83. The zero-order chi connectivity index (χ0) is 20.6. The van der Waals surface area contributed by atoms with Crippen LogP contribution in [-0.4, -0.2) is 33.9 Å². The monoisotopic (exact) mass is 434 g/mol. The number of ketones is 1. The lowest BCUT2D eigenvalue weighted by molar-refractivity contribution is -0.164. The fourth-order valence-corrected chi connectivity index (χ4v) is 4.78. The molecule has 1 heterocycles. The lowest BCUT2D eigenvalue weighted by Gasteiger charge is -2.70. The zero-order valence-electron chi connectivity index (χ0n) is 15.6. The van der Waals surface area contributed by atoms with E-state index in [0.717, 1.165) is 19.3 Å². The third-order valence-electron chi connectivity index (χ3n) is 5.65. The number of hydrogen-bond acceptors (Lipinski definition) is 5. The molecule has 2 N–H and O–H groups in total. The van der Waals surface area contributed by atoms with Crippen molar-refractivity contribution >= 4 is 34.9 Å². The van der Waals surface area contributed by atoms with Crippen LogP contribution in [0.2, 0.25) is 10.0 Å². The number of amides is 1. The van der Waals surface area contributed by atoms with Crippen molar-refractivity contribution in [3.63, 3.8) is 0 Å². The van der Waals surface area contributed by atoms with Gasteiger partial charge in [-0.1, -0.05) is 23.2 Å². The molecular weight excluding hydrogens is 415 g/mol. The Morgan fingerprint density at radius 1 is 1.14 bits per heavy atom. The molecule has 0 spiro atoms. The Labute approximate surface area is 178 Å². The van der Waals surface area contributed by atoms with E-state index in [9.17, 15) is 9.59 Å². The summed E-state index contributed by atoms with van der Waals surface area (Å²) in [7, 11) is 0. The minimum atomic E-state index is -0.211. The van der Waals surface area contributed by atoms with Gasteiger partial charge in [-0.15, -0.1) is 0 Å². The summed E-state index contributed by atoms with van der Waals surface area (Å²) in [5, 5.41) is 12.9. The molecule has 29 heavy (non-hydrogen) atoms. The first-order valence-corrected chi connectivity index (χ1v) is 10.1. The van der Waals surface area contributed by atoms with Crippen molar-refractivity contribution in [2.45, 2.75) is 37.8 Å². The lowest BCUT2D eigenvalue weighted by Crippen LogP contribution is -2.75. The molecule has 2 bridgehead atoms. The second kappa shape index (κ2) is 7.59. The van der Waals surface area contributed by atoms with E-state index in [0.29, 0.717) is 33.5 Å². The number of nitrogens with zero attached hydrogens (tertiary/aromatic N) is 1. The molecule has 3 aliphatic rings. The van der Waals surface area contributed by atoms with E-state index in [-0.39, 0.29) is 35.9 Å². The van der Waals surface area contributed by atoms with Gasteiger partial charge < -0.3 is 15.2 Å². The van der Waals surface area contributed by atoms with E-state index in [1.807, 2.05) is 0 Å². The first-order valence-electron chi connectivity index (χ1n) is 9.30.